The molecule has 0 aliphatic heterocycles. The summed E-state index contributed by atoms with van der Waals surface area (Å²) in [5.41, 5.74) is 9.40. The molecule has 2 N–H and O–H groups in total. The van der Waals surface area contributed by atoms with Crippen LogP contribution in [-0.2, 0) is 0 Å². The van der Waals surface area contributed by atoms with E-state index >= 15 is 0 Å². The second-order valence-electron chi connectivity index (χ2n) is 7.33. The van der Waals surface area contributed by atoms with Crippen LogP contribution in [0.5, 0.6) is 0 Å². The van der Waals surface area contributed by atoms with Crippen LogP contribution >= 0.6 is 0 Å². The molecule has 0 amide bonds. The van der Waals surface area contributed by atoms with Crippen LogP contribution in [0.4, 0.5) is 5.69 Å². The predicted octanol–water partition coefficient (Wildman–Crippen LogP) is 3.97. The fourth-order valence-corrected chi connectivity index (χ4v) is 4.32. The summed E-state index contributed by atoms with van der Waals surface area (Å²) in [4.78, 5) is 2.55. The maximum Gasteiger partial charge on any atom is 0.0554 e. The van der Waals surface area contributed by atoms with Crippen LogP contribution in [0.15, 0.2) is 24.3 Å². The molecule has 1 fully saturated rings. The zero-order chi connectivity index (χ0) is 15.0. The number of benzene rings is 1. The second-order valence-corrected chi connectivity index (χ2v) is 7.33. The highest BCUT2D eigenvalue weighted by Crippen LogP contribution is 2.50. The highest BCUT2D eigenvalue weighted by atomic mass is 15.2. The molecule has 2 nitrogen and oxygen atoms in total. The molecule has 1 aromatic carbocycles. The Labute approximate surface area is 124 Å². The van der Waals surface area contributed by atoms with E-state index in [2.05, 4.69) is 63.8 Å². The van der Waals surface area contributed by atoms with Crippen LogP contribution in [0.3, 0.4) is 0 Å². The van der Waals surface area contributed by atoms with Crippen LogP contribution in [0, 0.1) is 18.3 Å². The van der Waals surface area contributed by atoms with Crippen molar-refractivity contribution in [1.82, 2.24) is 0 Å². The first-order valence-corrected chi connectivity index (χ1v) is 7.89. The van der Waals surface area contributed by atoms with E-state index in [0.29, 0.717) is 11.3 Å². The molecule has 1 aliphatic carbocycles. The summed E-state index contributed by atoms with van der Waals surface area (Å²) in [6.45, 7) is 13.3. The fourth-order valence-electron chi connectivity index (χ4n) is 4.32. The maximum absolute atomic E-state index is 6.28. The molecule has 0 heterocycles. The molecule has 0 aromatic heterocycles. The van der Waals surface area contributed by atoms with Crippen molar-refractivity contribution in [3.05, 3.63) is 29.8 Å². The molecule has 20 heavy (non-hydrogen) atoms. The fraction of sp³-hybridized carbons (Fsp3) is 0.667. The third-order valence-electron chi connectivity index (χ3n) is 5.11. The quantitative estimate of drug-likeness (QED) is 0.900. The maximum atomic E-state index is 6.28. The van der Waals surface area contributed by atoms with E-state index in [1.807, 2.05) is 0 Å². The lowest BCUT2D eigenvalue weighted by atomic mass is 9.84. The van der Waals surface area contributed by atoms with Gasteiger partial charge < -0.3 is 10.6 Å². The van der Waals surface area contributed by atoms with Gasteiger partial charge in [-0.2, -0.15) is 0 Å². The van der Waals surface area contributed by atoms with Gasteiger partial charge in [0.1, 0.15) is 0 Å². The molecular formula is C18H30N2. The summed E-state index contributed by atoms with van der Waals surface area (Å²) in [7, 11) is 0. The van der Waals surface area contributed by atoms with E-state index in [9.17, 15) is 0 Å². The van der Waals surface area contributed by atoms with E-state index < -0.39 is 0 Å². The van der Waals surface area contributed by atoms with Crippen molar-refractivity contribution >= 4 is 5.69 Å². The number of hydrogen-bond donors (Lipinski definition) is 1. The molecule has 0 saturated heterocycles. The van der Waals surface area contributed by atoms with Gasteiger partial charge in [-0.1, -0.05) is 38.5 Å². The predicted molar refractivity (Wildman–Crippen MR) is 88.2 cm³/mol. The average molecular weight is 274 g/mol. The Kier molecular flexibility index (Phi) is 4.15. The number of nitrogens with two attached hydrogens (primary N) is 1. The van der Waals surface area contributed by atoms with Crippen LogP contribution in [0.2, 0.25) is 0 Å². The summed E-state index contributed by atoms with van der Waals surface area (Å²) < 4.78 is 0. The van der Waals surface area contributed by atoms with Crippen LogP contribution in [0.25, 0.3) is 0 Å². The van der Waals surface area contributed by atoms with Gasteiger partial charge in [-0.15, -0.1) is 0 Å². The highest BCUT2D eigenvalue weighted by molar-refractivity contribution is 5.51. The summed E-state index contributed by atoms with van der Waals surface area (Å²) in [5.74, 6) is 0.628. The Bertz CT molecular complexity index is 449. The van der Waals surface area contributed by atoms with Crippen LogP contribution in [-0.4, -0.2) is 18.6 Å². The van der Waals surface area contributed by atoms with E-state index in [-0.39, 0.29) is 5.54 Å². The largest absolute Gasteiger partial charge is 0.365 e. The van der Waals surface area contributed by atoms with Gasteiger partial charge in [-0.25, -0.2) is 0 Å². The number of rotatable bonds is 4. The number of likely N-dealkylation sites (N-methyl/N-ethyl adjacent to an activating group) is 1. The van der Waals surface area contributed by atoms with E-state index in [1.54, 1.807) is 0 Å². The van der Waals surface area contributed by atoms with Crippen molar-refractivity contribution < 1.29 is 0 Å². The van der Waals surface area contributed by atoms with Crippen LogP contribution < -0.4 is 10.6 Å². The SMILES string of the molecule is CCN(c1ccc(C)cc1)C1(CN)CC(C)(C)CC1C. The Morgan fingerprint density at radius 1 is 1.25 bits per heavy atom. The van der Waals surface area contributed by atoms with Gasteiger partial charge in [0, 0.05) is 18.8 Å². The lowest BCUT2D eigenvalue weighted by Crippen LogP contribution is -2.56. The first-order chi connectivity index (χ1) is 9.34. The van der Waals surface area contributed by atoms with Crippen molar-refractivity contribution in [2.75, 3.05) is 18.0 Å². The van der Waals surface area contributed by atoms with Crippen molar-refractivity contribution in [3.8, 4) is 0 Å². The smallest absolute Gasteiger partial charge is 0.0554 e. The topological polar surface area (TPSA) is 29.3 Å². The van der Waals surface area contributed by atoms with Crippen LogP contribution in [0.1, 0.15) is 46.1 Å². The molecule has 2 unspecified atom stereocenters. The van der Waals surface area contributed by atoms with Crippen molar-refractivity contribution in [2.45, 2.75) is 53.0 Å². The molecule has 1 aromatic rings. The lowest BCUT2D eigenvalue weighted by Gasteiger charge is -2.45. The average Bonchev–Trinajstić information content (AvgIpc) is 2.63. The van der Waals surface area contributed by atoms with E-state index in [1.165, 1.54) is 24.1 Å². The number of hydrogen-bond acceptors (Lipinski definition) is 2. The summed E-state index contributed by atoms with van der Waals surface area (Å²) in [6.07, 6.45) is 2.44. The van der Waals surface area contributed by atoms with Gasteiger partial charge in [0.25, 0.3) is 0 Å². The van der Waals surface area contributed by atoms with E-state index in [0.717, 1.165) is 13.1 Å². The molecule has 2 heteroatoms. The zero-order valence-corrected chi connectivity index (χ0v) is 13.7. The van der Waals surface area contributed by atoms with Crippen molar-refractivity contribution in [2.24, 2.45) is 17.1 Å². The normalized spacial score (nSPS) is 28.6. The van der Waals surface area contributed by atoms with Crippen molar-refractivity contribution in [3.63, 3.8) is 0 Å². The van der Waals surface area contributed by atoms with E-state index in [4.69, 9.17) is 5.73 Å². The van der Waals surface area contributed by atoms with Gasteiger partial charge in [0.05, 0.1) is 5.54 Å². The van der Waals surface area contributed by atoms with Gasteiger partial charge in [0.2, 0.25) is 0 Å². The van der Waals surface area contributed by atoms with Gasteiger partial charge in [-0.3, -0.25) is 0 Å². The third kappa shape index (κ3) is 2.58. The second kappa shape index (κ2) is 5.40. The molecule has 0 spiro atoms. The molecule has 1 aliphatic rings. The minimum Gasteiger partial charge on any atom is -0.365 e. The highest BCUT2D eigenvalue weighted by Gasteiger charge is 2.50. The molecule has 2 atom stereocenters. The molecule has 1 saturated carbocycles. The molecule has 0 radical (unpaired) electrons. The molecule has 112 valence electrons. The van der Waals surface area contributed by atoms with Gasteiger partial charge in [0.15, 0.2) is 0 Å². The zero-order valence-electron chi connectivity index (χ0n) is 13.7. The number of anilines is 1. The summed E-state index contributed by atoms with van der Waals surface area (Å²) in [5, 5.41) is 0. The third-order valence-corrected chi connectivity index (χ3v) is 5.11. The first kappa shape index (κ1) is 15.4. The van der Waals surface area contributed by atoms with Crippen molar-refractivity contribution in [1.29, 1.82) is 0 Å². The number of nitrogens with zero attached hydrogens (tertiary/aromatic N) is 1. The minimum atomic E-state index is 0.105. The Hall–Kier alpha value is -1.02. The molecular weight excluding hydrogens is 244 g/mol. The molecule has 2 rings (SSSR count). The Morgan fingerprint density at radius 2 is 1.85 bits per heavy atom. The summed E-state index contributed by atoms with van der Waals surface area (Å²) in [6, 6.07) is 8.89. The van der Waals surface area contributed by atoms with Gasteiger partial charge in [-0.05, 0) is 50.2 Å². The standard InChI is InChI=1S/C18H30N2/c1-6-20(16-9-7-14(2)8-10-16)18(13-19)12-17(4,5)11-15(18)3/h7-10,15H,6,11-13,19H2,1-5H3. The Balaban J connectivity index is 2.40. The summed E-state index contributed by atoms with van der Waals surface area (Å²) >= 11 is 0. The van der Waals surface area contributed by atoms with Gasteiger partial charge >= 0.3 is 0 Å². The molecule has 0 bridgehead atoms. The lowest BCUT2D eigenvalue weighted by molar-refractivity contribution is 0.306. The Morgan fingerprint density at radius 3 is 2.25 bits per heavy atom. The monoisotopic (exact) mass is 274 g/mol. The minimum absolute atomic E-state index is 0.105. The number of aryl methyl sites for hydroxylation is 1. The first-order valence-electron chi connectivity index (χ1n) is 7.89.